The molecule has 5 heteroatoms. The lowest BCUT2D eigenvalue weighted by molar-refractivity contribution is -0.164. The summed E-state index contributed by atoms with van der Waals surface area (Å²) in [4.78, 5) is 24.3. The van der Waals surface area contributed by atoms with Crippen molar-refractivity contribution >= 4 is 11.9 Å². The van der Waals surface area contributed by atoms with Crippen LogP contribution < -0.4 is 0 Å². The number of unbranched alkanes of at least 4 members (excludes halogenated alkanes) is 5. The molecule has 0 aromatic rings. The average molecular weight is 411 g/mol. The number of aliphatic hydroxyl groups excluding tert-OH is 1. The number of hydrogen-bond donors (Lipinski definition) is 1. The molecule has 1 N–H and O–H groups in total. The molecule has 1 aliphatic heterocycles. The molecule has 29 heavy (non-hydrogen) atoms. The number of hydrogen-bond acceptors (Lipinski definition) is 5. The Morgan fingerprint density at radius 1 is 1.14 bits per heavy atom. The van der Waals surface area contributed by atoms with Crippen molar-refractivity contribution in [3.8, 4) is 0 Å². The number of carbonyl (C=O) groups excluding carboxylic acids is 2. The van der Waals surface area contributed by atoms with Crippen LogP contribution in [0.15, 0.2) is 11.6 Å². The molecular formula is C24H42O5. The molecule has 1 heterocycles. The molecule has 0 radical (unpaired) electrons. The van der Waals surface area contributed by atoms with E-state index in [-0.39, 0.29) is 18.5 Å². The normalized spacial score (nSPS) is 19.4. The van der Waals surface area contributed by atoms with Gasteiger partial charge in [-0.05, 0) is 30.6 Å². The lowest BCUT2D eigenvalue weighted by Gasteiger charge is -2.23. The van der Waals surface area contributed by atoms with Crippen molar-refractivity contribution in [3.05, 3.63) is 11.6 Å². The lowest BCUT2D eigenvalue weighted by atomic mass is 9.82. The molecule has 168 valence electrons. The van der Waals surface area contributed by atoms with E-state index in [0.717, 1.165) is 25.7 Å². The molecule has 0 amide bonds. The Balaban J connectivity index is 2.50. The summed E-state index contributed by atoms with van der Waals surface area (Å²) >= 11 is 0. The van der Waals surface area contributed by atoms with Gasteiger partial charge < -0.3 is 14.6 Å². The van der Waals surface area contributed by atoms with Crippen molar-refractivity contribution in [1.82, 2.24) is 0 Å². The summed E-state index contributed by atoms with van der Waals surface area (Å²) in [6, 6.07) is 0. The second-order valence-corrected chi connectivity index (χ2v) is 8.99. The van der Waals surface area contributed by atoms with E-state index in [0.29, 0.717) is 36.2 Å². The predicted octanol–water partition coefficient (Wildman–Crippen LogP) is 5.20. The zero-order chi connectivity index (χ0) is 21.8. The summed E-state index contributed by atoms with van der Waals surface area (Å²) in [5.41, 5.74) is 0.631. The third-order valence-corrected chi connectivity index (χ3v) is 5.90. The van der Waals surface area contributed by atoms with Gasteiger partial charge in [-0.2, -0.15) is 0 Å². The maximum Gasteiger partial charge on any atom is 0.334 e. The monoisotopic (exact) mass is 410 g/mol. The zero-order valence-corrected chi connectivity index (χ0v) is 19.1. The van der Waals surface area contributed by atoms with E-state index in [9.17, 15) is 14.7 Å². The number of esters is 2. The molecule has 0 saturated carbocycles. The van der Waals surface area contributed by atoms with Crippen LogP contribution in [-0.2, 0) is 19.1 Å². The molecule has 0 aromatic carbocycles. The van der Waals surface area contributed by atoms with E-state index < -0.39 is 12.2 Å². The van der Waals surface area contributed by atoms with Crippen LogP contribution in [0.5, 0.6) is 0 Å². The van der Waals surface area contributed by atoms with Gasteiger partial charge in [0.1, 0.15) is 6.10 Å². The highest BCUT2D eigenvalue weighted by molar-refractivity contribution is 5.90. The third kappa shape index (κ3) is 9.33. The summed E-state index contributed by atoms with van der Waals surface area (Å²) in [5.74, 6) is 0.888. The number of allylic oxidation sites excluding steroid dienone is 1. The van der Waals surface area contributed by atoms with Crippen LogP contribution in [0.2, 0.25) is 0 Å². The van der Waals surface area contributed by atoms with Gasteiger partial charge in [-0.3, -0.25) is 4.79 Å². The van der Waals surface area contributed by atoms with Gasteiger partial charge in [0.2, 0.25) is 0 Å². The fourth-order valence-corrected chi connectivity index (χ4v) is 4.03. The summed E-state index contributed by atoms with van der Waals surface area (Å²) < 4.78 is 10.8. The molecule has 0 unspecified atom stereocenters. The molecule has 1 aliphatic rings. The number of aliphatic hydroxyl groups is 1. The number of rotatable bonds is 14. The Morgan fingerprint density at radius 3 is 2.34 bits per heavy atom. The third-order valence-electron chi connectivity index (χ3n) is 5.90. The summed E-state index contributed by atoms with van der Waals surface area (Å²) in [7, 11) is 0. The van der Waals surface area contributed by atoms with Crippen molar-refractivity contribution in [2.24, 2.45) is 17.8 Å². The SMILES string of the molecule is CCCCCCCCC(=O)O[C@@H](CO)[C@@H]1C/C(=C\CC(C(C)C)C(C)C)C(=O)O1. The minimum absolute atomic E-state index is 0.326. The second kappa shape index (κ2) is 13.8. The van der Waals surface area contributed by atoms with E-state index >= 15 is 0 Å². The Bertz CT molecular complexity index is 515. The van der Waals surface area contributed by atoms with Crippen LogP contribution >= 0.6 is 0 Å². The second-order valence-electron chi connectivity index (χ2n) is 8.99. The van der Waals surface area contributed by atoms with Gasteiger partial charge >= 0.3 is 11.9 Å². The average Bonchev–Trinajstić information content (AvgIpc) is 3.02. The molecule has 5 nitrogen and oxygen atoms in total. The van der Waals surface area contributed by atoms with Crippen LogP contribution in [0.4, 0.5) is 0 Å². The van der Waals surface area contributed by atoms with Gasteiger partial charge in [-0.15, -0.1) is 0 Å². The van der Waals surface area contributed by atoms with Gasteiger partial charge in [0, 0.05) is 18.4 Å². The Hall–Kier alpha value is -1.36. The highest BCUT2D eigenvalue weighted by Gasteiger charge is 2.36. The number of carbonyl (C=O) groups is 2. The summed E-state index contributed by atoms with van der Waals surface area (Å²) in [5, 5.41) is 9.65. The van der Waals surface area contributed by atoms with Gasteiger partial charge in [0.05, 0.1) is 6.61 Å². The van der Waals surface area contributed by atoms with E-state index in [1.165, 1.54) is 19.3 Å². The van der Waals surface area contributed by atoms with E-state index in [1.807, 2.05) is 6.08 Å². The van der Waals surface area contributed by atoms with Crippen molar-refractivity contribution in [1.29, 1.82) is 0 Å². The Morgan fingerprint density at radius 2 is 1.76 bits per heavy atom. The first-order valence-electron chi connectivity index (χ1n) is 11.5. The number of cyclic esters (lactones) is 1. The van der Waals surface area contributed by atoms with Crippen LogP contribution in [0.3, 0.4) is 0 Å². The van der Waals surface area contributed by atoms with Crippen molar-refractivity contribution in [3.63, 3.8) is 0 Å². The summed E-state index contributed by atoms with van der Waals surface area (Å²) in [6.45, 7) is 10.6. The molecule has 1 rings (SSSR count). The van der Waals surface area contributed by atoms with Crippen LogP contribution in [0, 0.1) is 17.8 Å². The first-order valence-corrected chi connectivity index (χ1v) is 11.5. The van der Waals surface area contributed by atoms with Gasteiger partial charge in [0.25, 0.3) is 0 Å². The maximum absolute atomic E-state index is 12.2. The van der Waals surface area contributed by atoms with Crippen LogP contribution in [0.1, 0.15) is 92.4 Å². The Kier molecular flexibility index (Phi) is 12.2. The largest absolute Gasteiger partial charge is 0.456 e. The van der Waals surface area contributed by atoms with E-state index in [1.54, 1.807) is 0 Å². The maximum atomic E-state index is 12.2. The van der Waals surface area contributed by atoms with Gasteiger partial charge in [-0.25, -0.2) is 4.79 Å². The minimum atomic E-state index is -0.788. The fraction of sp³-hybridized carbons (Fsp3) is 0.833. The van der Waals surface area contributed by atoms with Crippen LogP contribution in [0.25, 0.3) is 0 Å². The molecule has 1 fully saturated rings. The standard InChI is InChI=1S/C24H42O5/c1-6-7-8-9-10-11-12-23(26)28-22(16-25)21-15-19(24(27)29-21)13-14-20(17(2)3)18(4)5/h13,17-18,20-22,25H,6-12,14-16H2,1-5H3/b19-13+/t21-,22-/m0/s1. The molecule has 2 atom stereocenters. The highest BCUT2D eigenvalue weighted by atomic mass is 16.6. The quantitative estimate of drug-likeness (QED) is 0.242. The van der Waals surface area contributed by atoms with Crippen molar-refractivity contribution < 1.29 is 24.2 Å². The van der Waals surface area contributed by atoms with Crippen LogP contribution in [-0.4, -0.2) is 35.9 Å². The van der Waals surface area contributed by atoms with E-state index in [4.69, 9.17) is 9.47 Å². The van der Waals surface area contributed by atoms with Crippen molar-refractivity contribution in [2.45, 2.75) is 105 Å². The first-order chi connectivity index (χ1) is 13.8. The zero-order valence-electron chi connectivity index (χ0n) is 19.1. The van der Waals surface area contributed by atoms with Gasteiger partial charge in [0.15, 0.2) is 6.10 Å². The molecule has 0 aromatic heterocycles. The van der Waals surface area contributed by atoms with Gasteiger partial charge in [-0.1, -0.05) is 72.8 Å². The van der Waals surface area contributed by atoms with Crippen molar-refractivity contribution in [2.75, 3.05) is 6.61 Å². The molecular weight excluding hydrogens is 368 g/mol. The fourth-order valence-electron chi connectivity index (χ4n) is 4.03. The highest BCUT2D eigenvalue weighted by Crippen LogP contribution is 2.29. The summed E-state index contributed by atoms with van der Waals surface area (Å²) in [6.07, 6.45) is 8.72. The molecule has 0 aliphatic carbocycles. The molecule has 0 bridgehead atoms. The first kappa shape index (κ1) is 25.7. The number of ether oxygens (including phenoxy) is 2. The topological polar surface area (TPSA) is 72.8 Å². The predicted molar refractivity (Wildman–Crippen MR) is 115 cm³/mol. The smallest absolute Gasteiger partial charge is 0.334 e. The minimum Gasteiger partial charge on any atom is -0.456 e. The lowest BCUT2D eigenvalue weighted by Crippen LogP contribution is -2.34. The Labute approximate surface area is 177 Å². The van der Waals surface area contributed by atoms with E-state index in [2.05, 4.69) is 34.6 Å². The molecule has 1 saturated heterocycles. The molecule has 0 spiro atoms.